The van der Waals surface area contributed by atoms with Gasteiger partial charge in [0.15, 0.2) is 11.5 Å². The van der Waals surface area contributed by atoms with E-state index in [1.165, 1.54) is 12.8 Å². The molecule has 1 aromatic rings. The molecule has 5 rings (SSSR count). The molecule has 3 fully saturated rings. The van der Waals surface area contributed by atoms with E-state index in [2.05, 4.69) is 0 Å². The van der Waals surface area contributed by atoms with Crippen LogP contribution >= 0.6 is 0 Å². The van der Waals surface area contributed by atoms with Gasteiger partial charge in [0, 0.05) is 31.1 Å². The minimum absolute atomic E-state index is 0.0319. The lowest BCUT2D eigenvalue weighted by atomic mass is 9.81. The maximum Gasteiger partial charge on any atom is 0.254 e. The molecule has 1 atom stereocenters. The molecule has 1 saturated carbocycles. The zero-order valence-corrected chi connectivity index (χ0v) is 15.7. The van der Waals surface area contributed by atoms with Crippen LogP contribution in [0.4, 0.5) is 0 Å². The predicted molar refractivity (Wildman–Crippen MR) is 98.3 cm³/mol. The van der Waals surface area contributed by atoms with Crippen molar-refractivity contribution in [3.8, 4) is 11.5 Å². The molecule has 3 aliphatic heterocycles. The van der Waals surface area contributed by atoms with Gasteiger partial charge in [-0.25, -0.2) is 0 Å². The van der Waals surface area contributed by atoms with Crippen molar-refractivity contribution < 1.29 is 23.7 Å². The van der Waals surface area contributed by atoms with E-state index in [4.69, 9.17) is 18.9 Å². The highest BCUT2D eigenvalue weighted by Crippen LogP contribution is 2.41. The fourth-order valence-electron chi connectivity index (χ4n) is 4.25. The Morgan fingerprint density at radius 2 is 1.89 bits per heavy atom. The number of carbonyl (C=O) groups excluding carboxylic acids is 1. The molecule has 6 heteroatoms. The topological polar surface area (TPSA) is 57.2 Å². The van der Waals surface area contributed by atoms with Crippen LogP contribution < -0.4 is 9.47 Å². The Kier molecular flexibility index (Phi) is 4.48. The second kappa shape index (κ2) is 6.99. The summed E-state index contributed by atoms with van der Waals surface area (Å²) < 4.78 is 23.3. The maximum atomic E-state index is 12.9. The number of carbonyl (C=O) groups is 1. The molecule has 0 N–H and O–H groups in total. The van der Waals surface area contributed by atoms with Crippen molar-refractivity contribution in [2.24, 2.45) is 11.8 Å². The minimum atomic E-state index is -0.204. The van der Waals surface area contributed by atoms with Crippen molar-refractivity contribution in [2.45, 2.75) is 31.3 Å². The van der Waals surface area contributed by atoms with Gasteiger partial charge in [0.1, 0.15) is 5.60 Å². The van der Waals surface area contributed by atoms with Crippen LogP contribution in [0.3, 0.4) is 0 Å². The lowest BCUT2D eigenvalue weighted by Gasteiger charge is -2.50. The summed E-state index contributed by atoms with van der Waals surface area (Å²) in [5.74, 6) is 2.59. The van der Waals surface area contributed by atoms with Crippen LogP contribution in [0.25, 0.3) is 0 Å². The van der Waals surface area contributed by atoms with Gasteiger partial charge in [-0.15, -0.1) is 0 Å². The predicted octanol–water partition coefficient (Wildman–Crippen LogP) is 2.51. The quantitative estimate of drug-likeness (QED) is 0.794. The summed E-state index contributed by atoms with van der Waals surface area (Å²) >= 11 is 0. The lowest BCUT2D eigenvalue weighted by molar-refractivity contribution is -0.128. The molecular formula is C21H27NO5. The number of nitrogens with zero attached hydrogens (tertiary/aromatic N) is 1. The zero-order valence-electron chi connectivity index (χ0n) is 15.7. The number of likely N-dealkylation sites (tertiary alicyclic amines) is 1. The van der Waals surface area contributed by atoms with E-state index in [9.17, 15) is 4.79 Å². The summed E-state index contributed by atoms with van der Waals surface area (Å²) in [5.41, 5.74) is 0.443. The molecule has 1 unspecified atom stereocenters. The summed E-state index contributed by atoms with van der Waals surface area (Å²) in [6.07, 6.45) is 4.50. The third kappa shape index (κ3) is 3.41. The zero-order chi connectivity index (χ0) is 18.3. The Hall–Kier alpha value is -1.79. The summed E-state index contributed by atoms with van der Waals surface area (Å²) in [4.78, 5) is 14.8. The van der Waals surface area contributed by atoms with Crippen LogP contribution in [-0.4, -0.2) is 62.5 Å². The first kappa shape index (κ1) is 17.3. The number of rotatable bonds is 5. The van der Waals surface area contributed by atoms with Crippen molar-refractivity contribution in [1.82, 2.24) is 4.90 Å². The van der Waals surface area contributed by atoms with Gasteiger partial charge in [0.2, 0.25) is 0 Å². The van der Waals surface area contributed by atoms with Gasteiger partial charge in [0.05, 0.1) is 32.9 Å². The molecule has 27 heavy (non-hydrogen) atoms. The van der Waals surface area contributed by atoms with Gasteiger partial charge in [-0.2, -0.15) is 0 Å². The van der Waals surface area contributed by atoms with E-state index in [0.29, 0.717) is 43.5 Å². The average Bonchev–Trinajstić information content (AvgIpc) is 3.41. The summed E-state index contributed by atoms with van der Waals surface area (Å²) in [5, 5.41) is 0. The Morgan fingerprint density at radius 3 is 2.70 bits per heavy atom. The standard InChI is InChI=1S/C21H27NO5/c23-20(16-4-5-18-19(10-16)26-8-1-7-25-18)22-13-21(14-22)17(6-9-27-21)12-24-11-15-2-3-15/h4-5,10,15,17H,1-3,6-9,11-14H2. The molecule has 2 saturated heterocycles. The first-order valence-corrected chi connectivity index (χ1v) is 10.1. The Labute approximate surface area is 159 Å². The van der Waals surface area contributed by atoms with E-state index in [0.717, 1.165) is 44.3 Å². The Morgan fingerprint density at radius 1 is 1.07 bits per heavy atom. The number of fused-ring (bicyclic) bond motifs is 1. The summed E-state index contributed by atoms with van der Waals surface area (Å²) in [6.45, 7) is 4.97. The highest BCUT2D eigenvalue weighted by Gasteiger charge is 2.54. The van der Waals surface area contributed by atoms with Crippen molar-refractivity contribution in [2.75, 3.05) is 46.1 Å². The molecule has 1 amide bonds. The number of hydrogen-bond acceptors (Lipinski definition) is 5. The van der Waals surface area contributed by atoms with E-state index >= 15 is 0 Å². The van der Waals surface area contributed by atoms with Crippen LogP contribution in [0.15, 0.2) is 18.2 Å². The van der Waals surface area contributed by atoms with Crippen molar-refractivity contribution >= 4 is 5.91 Å². The van der Waals surface area contributed by atoms with Crippen molar-refractivity contribution in [3.63, 3.8) is 0 Å². The molecule has 1 aliphatic carbocycles. The number of benzene rings is 1. The summed E-state index contributed by atoms with van der Waals surface area (Å²) in [6, 6.07) is 5.47. The SMILES string of the molecule is O=C(c1ccc2c(c1)OCCCO2)N1CC2(C1)OCCC2COCC1CC1. The van der Waals surface area contributed by atoms with Gasteiger partial charge in [-0.1, -0.05) is 0 Å². The number of hydrogen-bond donors (Lipinski definition) is 0. The van der Waals surface area contributed by atoms with Crippen molar-refractivity contribution in [1.29, 1.82) is 0 Å². The van der Waals surface area contributed by atoms with Crippen molar-refractivity contribution in [3.05, 3.63) is 23.8 Å². The fraction of sp³-hybridized carbons (Fsp3) is 0.667. The average molecular weight is 373 g/mol. The van der Waals surface area contributed by atoms with E-state index in [-0.39, 0.29) is 11.5 Å². The Bertz CT molecular complexity index is 711. The molecule has 146 valence electrons. The molecule has 0 radical (unpaired) electrons. The van der Waals surface area contributed by atoms with Gasteiger partial charge in [0.25, 0.3) is 5.91 Å². The summed E-state index contributed by atoms with van der Waals surface area (Å²) in [7, 11) is 0. The molecule has 0 aromatic heterocycles. The first-order chi connectivity index (χ1) is 13.2. The maximum absolute atomic E-state index is 12.9. The smallest absolute Gasteiger partial charge is 0.254 e. The van der Waals surface area contributed by atoms with Crippen LogP contribution in [-0.2, 0) is 9.47 Å². The highest BCUT2D eigenvalue weighted by molar-refractivity contribution is 5.95. The van der Waals surface area contributed by atoms with Gasteiger partial charge in [-0.3, -0.25) is 4.79 Å². The fourth-order valence-corrected chi connectivity index (χ4v) is 4.25. The number of ether oxygens (including phenoxy) is 4. The van der Waals surface area contributed by atoms with E-state index < -0.39 is 0 Å². The van der Waals surface area contributed by atoms with Gasteiger partial charge < -0.3 is 23.8 Å². The molecule has 0 bridgehead atoms. The van der Waals surface area contributed by atoms with E-state index in [1.807, 2.05) is 17.0 Å². The molecule has 4 aliphatic rings. The van der Waals surface area contributed by atoms with Crippen LogP contribution in [0.2, 0.25) is 0 Å². The lowest BCUT2D eigenvalue weighted by Crippen LogP contribution is -2.66. The van der Waals surface area contributed by atoms with E-state index in [1.54, 1.807) is 6.07 Å². The second-order valence-electron chi connectivity index (χ2n) is 8.25. The normalized spacial score (nSPS) is 25.9. The van der Waals surface area contributed by atoms with Crippen LogP contribution in [0.1, 0.15) is 36.0 Å². The molecule has 1 aromatic carbocycles. The second-order valence-corrected chi connectivity index (χ2v) is 8.25. The monoisotopic (exact) mass is 373 g/mol. The molecule has 1 spiro atoms. The third-order valence-electron chi connectivity index (χ3n) is 6.17. The minimum Gasteiger partial charge on any atom is -0.490 e. The van der Waals surface area contributed by atoms with Gasteiger partial charge >= 0.3 is 0 Å². The van der Waals surface area contributed by atoms with Gasteiger partial charge in [-0.05, 0) is 43.4 Å². The largest absolute Gasteiger partial charge is 0.490 e. The molecule has 3 heterocycles. The first-order valence-electron chi connectivity index (χ1n) is 10.1. The van der Waals surface area contributed by atoms with Crippen LogP contribution in [0, 0.1) is 11.8 Å². The molecule has 6 nitrogen and oxygen atoms in total. The van der Waals surface area contributed by atoms with Crippen LogP contribution in [0.5, 0.6) is 11.5 Å². The Balaban J connectivity index is 1.20. The highest BCUT2D eigenvalue weighted by atomic mass is 16.5. The third-order valence-corrected chi connectivity index (χ3v) is 6.17. The number of amides is 1. The molecular weight excluding hydrogens is 346 g/mol.